The number of carboxylic acids is 1. The van der Waals surface area contributed by atoms with Crippen molar-refractivity contribution >= 4 is 28.3 Å². The number of aromatic nitrogens is 1. The molecule has 0 radical (unpaired) electrons. The van der Waals surface area contributed by atoms with E-state index >= 15 is 0 Å². The Kier molecular flexibility index (Phi) is 11.4. The summed E-state index contributed by atoms with van der Waals surface area (Å²) >= 11 is 1.33. The lowest BCUT2D eigenvalue weighted by atomic mass is 9.86. The van der Waals surface area contributed by atoms with E-state index in [-0.39, 0.29) is 49.8 Å². The number of alkyl halides is 1. The Labute approximate surface area is 189 Å². The Balaban J connectivity index is 1.79. The Bertz CT molecular complexity index is 712. The number of ether oxygens (including phenoxy) is 1. The monoisotopic (exact) mass is 474 g/mol. The Morgan fingerprint density at radius 2 is 2.25 bits per heavy atom. The topological polar surface area (TPSA) is 158 Å². The summed E-state index contributed by atoms with van der Waals surface area (Å²) in [7, 11) is 0. The second-order valence-corrected chi connectivity index (χ2v) is 8.61. The SMILES string of the molecule is CC(CCOC1CCC(C(=O)O)C(F)C1)[C@@H](CC(=O)Nc1nccs1)NOCCNN=N. The van der Waals surface area contributed by atoms with Crippen molar-refractivity contribution in [2.75, 3.05) is 25.1 Å². The fourth-order valence-electron chi connectivity index (χ4n) is 3.46. The number of aliphatic carboxylic acids is 1. The molecule has 5 atom stereocenters. The largest absolute Gasteiger partial charge is 0.481 e. The number of carboxylic acid groups (broad SMARTS) is 1. The zero-order valence-electron chi connectivity index (χ0n) is 18.0. The Morgan fingerprint density at radius 1 is 1.44 bits per heavy atom. The van der Waals surface area contributed by atoms with Crippen molar-refractivity contribution in [1.82, 2.24) is 15.9 Å². The van der Waals surface area contributed by atoms with Crippen LogP contribution in [0.3, 0.4) is 0 Å². The predicted molar refractivity (Wildman–Crippen MR) is 115 cm³/mol. The zero-order chi connectivity index (χ0) is 23.3. The summed E-state index contributed by atoms with van der Waals surface area (Å²) in [6.45, 7) is 2.91. The molecule has 1 saturated carbocycles. The first-order valence-corrected chi connectivity index (χ1v) is 11.4. The number of anilines is 1. The van der Waals surface area contributed by atoms with Crippen LogP contribution in [-0.4, -0.2) is 60.0 Å². The molecule has 1 aliphatic rings. The van der Waals surface area contributed by atoms with Crippen LogP contribution in [0.5, 0.6) is 0 Å². The van der Waals surface area contributed by atoms with Gasteiger partial charge in [-0.1, -0.05) is 12.1 Å². The first kappa shape index (κ1) is 26.0. The van der Waals surface area contributed by atoms with E-state index in [4.69, 9.17) is 20.2 Å². The molecule has 0 saturated heterocycles. The van der Waals surface area contributed by atoms with Gasteiger partial charge in [0.2, 0.25) is 5.91 Å². The average molecular weight is 475 g/mol. The number of hydroxylamine groups is 1. The number of hydrogen-bond acceptors (Lipinski definition) is 9. The molecule has 180 valence electrons. The summed E-state index contributed by atoms with van der Waals surface area (Å²) in [6, 6.07) is -0.317. The molecule has 4 unspecified atom stereocenters. The first-order chi connectivity index (χ1) is 15.4. The molecule has 1 amide bonds. The maximum absolute atomic E-state index is 14.0. The quantitative estimate of drug-likeness (QED) is 0.147. The molecule has 5 N–H and O–H groups in total. The van der Waals surface area contributed by atoms with Gasteiger partial charge in [-0.2, -0.15) is 11.0 Å². The van der Waals surface area contributed by atoms with Crippen LogP contribution < -0.4 is 16.2 Å². The van der Waals surface area contributed by atoms with Crippen LogP contribution in [0.15, 0.2) is 16.8 Å². The van der Waals surface area contributed by atoms with Gasteiger partial charge in [-0.05, 0) is 25.2 Å². The standard InChI is InChI=1S/C19H31FN6O5S/c1-12(4-7-30-13-2-3-14(18(28)29)15(20)10-13)16(25-31-8-5-23-26-21)11-17(27)24-19-22-6-9-32-19/h6,9,12-16,25H,2-5,7-8,10-11H2,1H3,(H2,21,23)(H,28,29)(H,22,24,27)/t12?,13?,14?,15?,16-/m1/s1. The number of amides is 1. The highest BCUT2D eigenvalue weighted by molar-refractivity contribution is 7.13. The fraction of sp³-hybridized carbons (Fsp3) is 0.737. The minimum absolute atomic E-state index is 0.0117. The van der Waals surface area contributed by atoms with Gasteiger partial charge in [-0.3, -0.25) is 19.9 Å². The van der Waals surface area contributed by atoms with Crippen molar-refractivity contribution < 1.29 is 28.7 Å². The van der Waals surface area contributed by atoms with Crippen molar-refractivity contribution in [3.8, 4) is 0 Å². The minimum Gasteiger partial charge on any atom is -0.481 e. The van der Waals surface area contributed by atoms with Gasteiger partial charge in [0.15, 0.2) is 5.13 Å². The van der Waals surface area contributed by atoms with E-state index in [0.29, 0.717) is 31.1 Å². The lowest BCUT2D eigenvalue weighted by Gasteiger charge is -2.30. The number of rotatable bonds is 15. The molecule has 0 aliphatic heterocycles. The molecular formula is C19H31FN6O5S. The van der Waals surface area contributed by atoms with Crippen molar-refractivity contribution in [2.24, 2.45) is 17.1 Å². The summed E-state index contributed by atoms with van der Waals surface area (Å²) in [4.78, 5) is 32.9. The Hall–Kier alpha value is -2.22. The summed E-state index contributed by atoms with van der Waals surface area (Å²) in [5.74, 6) is -2.27. The molecule has 0 aromatic carbocycles. The summed E-state index contributed by atoms with van der Waals surface area (Å²) in [5, 5.41) is 17.1. The Morgan fingerprint density at radius 3 is 2.91 bits per heavy atom. The highest BCUT2D eigenvalue weighted by Gasteiger charge is 2.35. The molecule has 32 heavy (non-hydrogen) atoms. The van der Waals surface area contributed by atoms with Crippen LogP contribution in [0, 0.1) is 17.4 Å². The highest BCUT2D eigenvalue weighted by atomic mass is 32.1. The molecule has 0 spiro atoms. The van der Waals surface area contributed by atoms with Crippen LogP contribution in [0.1, 0.15) is 39.0 Å². The molecule has 1 aromatic rings. The molecule has 1 fully saturated rings. The maximum Gasteiger partial charge on any atom is 0.309 e. The first-order valence-electron chi connectivity index (χ1n) is 10.5. The van der Waals surface area contributed by atoms with Crippen LogP contribution in [-0.2, 0) is 19.2 Å². The van der Waals surface area contributed by atoms with Gasteiger partial charge >= 0.3 is 5.97 Å². The van der Waals surface area contributed by atoms with E-state index < -0.39 is 18.1 Å². The molecule has 1 aliphatic carbocycles. The fourth-order valence-corrected chi connectivity index (χ4v) is 4.01. The third kappa shape index (κ3) is 9.10. The van der Waals surface area contributed by atoms with Crippen molar-refractivity contribution in [3.63, 3.8) is 0 Å². The molecule has 1 aromatic heterocycles. The van der Waals surface area contributed by atoms with E-state index in [1.54, 1.807) is 11.6 Å². The maximum atomic E-state index is 14.0. The average Bonchev–Trinajstić information content (AvgIpc) is 3.25. The van der Waals surface area contributed by atoms with Crippen molar-refractivity contribution in [3.05, 3.63) is 11.6 Å². The molecular weight excluding hydrogens is 443 g/mol. The third-order valence-corrected chi connectivity index (χ3v) is 6.06. The minimum atomic E-state index is -1.40. The van der Waals surface area contributed by atoms with Gasteiger partial charge in [0.25, 0.3) is 0 Å². The van der Waals surface area contributed by atoms with E-state index in [9.17, 15) is 14.0 Å². The van der Waals surface area contributed by atoms with Crippen LogP contribution >= 0.6 is 11.3 Å². The van der Waals surface area contributed by atoms with E-state index in [0.717, 1.165) is 0 Å². The normalized spacial score (nSPS) is 22.6. The lowest BCUT2D eigenvalue weighted by molar-refractivity contribution is -0.147. The molecule has 0 bridgehead atoms. The van der Waals surface area contributed by atoms with Crippen molar-refractivity contribution in [2.45, 2.75) is 57.3 Å². The van der Waals surface area contributed by atoms with Crippen LogP contribution in [0.4, 0.5) is 9.52 Å². The molecule has 11 nitrogen and oxygen atoms in total. The summed E-state index contributed by atoms with van der Waals surface area (Å²) in [6.07, 6.45) is 1.52. The summed E-state index contributed by atoms with van der Waals surface area (Å²) < 4.78 is 19.8. The number of carbonyl (C=O) groups excluding carboxylic acids is 1. The number of carbonyl (C=O) groups is 2. The molecule has 13 heteroatoms. The number of halogens is 1. The predicted octanol–water partition coefficient (Wildman–Crippen LogP) is 2.53. The smallest absolute Gasteiger partial charge is 0.309 e. The van der Waals surface area contributed by atoms with E-state index in [1.807, 2.05) is 6.92 Å². The van der Waals surface area contributed by atoms with E-state index in [2.05, 4.69) is 26.4 Å². The van der Waals surface area contributed by atoms with E-state index in [1.165, 1.54) is 11.3 Å². The summed E-state index contributed by atoms with van der Waals surface area (Å²) in [5.41, 5.74) is 12.1. The van der Waals surface area contributed by atoms with Crippen LogP contribution in [0.25, 0.3) is 0 Å². The van der Waals surface area contributed by atoms with Gasteiger partial charge in [0, 0.05) is 37.1 Å². The van der Waals surface area contributed by atoms with Gasteiger partial charge in [0.1, 0.15) is 6.17 Å². The third-order valence-electron chi connectivity index (χ3n) is 5.37. The number of nitrogens with zero attached hydrogens (tertiary/aromatic N) is 2. The zero-order valence-corrected chi connectivity index (χ0v) is 18.8. The second-order valence-electron chi connectivity index (χ2n) is 7.71. The van der Waals surface area contributed by atoms with Gasteiger partial charge < -0.3 is 15.2 Å². The second kappa shape index (κ2) is 14.0. The lowest BCUT2D eigenvalue weighted by Crippen LogP contribution is -2.40. The van der Waals surface area contributed by atoms with Gasteiger partial charge in [-0.25, -0.2) is 9.37 Å². The van der Waals surface area contributed by atoms with Gasteiger partial charge in [0.05, 0.1) is 25.2 Å². The van der Waals surface area contributed by atoms with Gasteiger partial charge in [-0.15, -0.1) is 11.3 Å². The molecule has 2 rings (SSSR count). The van der Waals surface area contributed by atoms with Crippen LogP contribution in [0.2, 0.25) is 0 Å². The van der Waals surface area contributed by atoms with Crippen molar-refractivity contribution in [1.29, 1.82) is 5.53 Å². The number of nitrogens with one attached hydrogen (secondary N) is 4. The highest BCUT2D eigenvalue weighted by Crippen LogP contribution is 2.29. The number of hydrogen-bond donors (Lipinski definition) is 5. The molecule has 1 heterocycles. The number of thiazole rings is 1.